The molecule has 24 heavy (non-hydrogen) atoms. The number of thiazole rings is 1. The van der Waals surface area contributed by atoms with Gasteiger partial charge in [0.15, 0.2) is 17.0 Å². The van der Waals surface area contributed by atoms with Gasteiger partial charge in [-0.05, 0) is 0 Å². The van der Waals surface area contributed by atoms with Crippen LogP contribution in [0.4, 0.5) is 5.69 Å². The van der Waals surface area contributed by atoms with Crippen LogP contribution >= 0.6 is 22.9 Å². The van der Waals surface area contributed by atoms with Crippen LogP contribution in [-0.2, 0) is 0 Å². The Hall–Kier alpha value is -2.65. The van der Waals surface area contributed by atoms with Crippen molar-refractivity contribution in [2.24, 2.45) is 0 Å². The molecule has 0 atom stereocenters. The number of carbonyl (C=O) groups excluding carboxylic acids is 1. The molecule has 0 aliphatic carbocycles. The fraction of sp³-hybridized carbons (Fsp3) is 0.143. The molecule has 0 saturated carbocycles. The molecule has 0 saturated heterocycles. The molecule has 0 aliphatic rings. The van der Waals surface area contributed by atoms with Crippen molar-refractivity contribution in [2.75, 3.05) is 14.2 Å². The SMILES string of the molecule is COc1cc([N+](=O)[O-])c(OC)cc1-c1nc2sc(Cl)cn2c1C=O. The van der Waals surface area contributed by atoms with E-state index in [0.29, 0.717) is 26.8 Å². The normalized spacial score (nSPS) is 10.8. The Balaban J connectivity index is 2.31. The first-order chi connectivity index (χ1) is 11.5. The maximum absolute atomic E-state index is 11.5. The monoisotopic (exact) mass is 367 g/mol. The number of nitrogens with zero attached hydrogens (tertiary/aromatic N) is 3. The Morgan fingerprint density at radius 2 is 2.04 bits per heavy atom. The predicted octanol–water partition coefficient (Wildman–Crippen LogP) is 3.45. The van der Waals surface area contributed by atoms with E-state index in [1.165, 1.54) is 37.7 Å². The zero-order chi connectivity index (χ0) is 17.4. The fourth-order valence-electron chi connectivity index (χ4n) is 2.36. The topological polar surface area (TPSA) is 96.0 Å². The largest absolute Gasteiger partial charge is 0.496 e. The molecule has 0 aliphatic heterocycles. The number of methoxy groups -OCH3 is 2. The minimum absolute atomic E-state index is 0.0436. The number of nitro groups is 1. The highest BCUT2D eigenvalue weighted by molar-refractivity contribution is 7.20. The van der Waals surface area contributed by atoms with Gasteiger partial charge in [0.05, 0.1) is 25.2 Å². The van der Waals surface area contributed by atoms with Crippen molar-refractivity contribution in [3.8, 4) is 22.8 Å². The van der Waals surface area contributed by atoms with Crippen LogP contribution in [-0.4, -0.2) is 34.8 Å². The molecule has 0 bridgehead atoms. The zero-order valence-electron chi connectivity index (χ0n) is 12.5. The lowest BCUT2D eigenvalue weighted by atomic mass is 10.1. The highest BCUT2D eigenvalue weighted by Gasteiger charge is 2.24. The minimum Gasteiger partial charge on any atom is -0.496 e. The second-order valence-corrected chi connectivity index (χ2v) is 6.27. The van der Waals surface area contributed by atoms with Crippen molar-refractivity contribution < 1.29 is 19.2 Å². The molecule has 0 fully saturated rings. The standard InChI is InChI=1S/C14H10ClN3O5S/c1-22-10-4-8(18(20)21)11(23-2)3-7(10)13-9(6-19)17-5-12(15)24-14(17)16-13/h3-6H,1-2H3. The number of benzene rings is 1. The Labute approximate surface area is 144 Å². The molecule has 3 rings (SSSR count). The summed E-state index contributed by atoms with van der Waals surface area (Å²) in [4.78, 5) is 27.0. The van der Waals surface area contributed by atoms with E-state index < -0.39 is 4.92 Å². The molecular formula is C14H10ClN3O5S. The van der Waals surface area contributed by atoms with Gasteiger partial charge in [-0.25, -0.2) is 4.98 Å². The number of hydrogen-bond acceptors (Lipinski definition) is 7. The van der Waals surface area contributed by atoms with E-state index in [1.54, 1.807) is 10.6 Å². The molecule has 0 spiro atoms. The molecular weight excluding hydrogens is 358 g/mol. The second-order valence-electron chi connectivity index (χ2n) is 4.63. The number of carbonyl (C=O) groups is 1. The van der Waals surface area contributed by atoms with Gasteiger partial charge in [-0.2, -0.15) is 0 Å². The Kier molecular flexibility index (Phi) is 4.12. The molecule has 2 aromatic heterocycles. The summed E-state index contributed by atoms with van der Waals surface area (Å²) in [6, 6.07) is 2.67. The third-order valence-corrected chi connectivity index (χ3v) is 4.50. The van der Waals surface area contributed by atoms with Crippen LogP contribution in [0, 0.1) is 10.1 Å². The first kappa shape index (κ1) is 16.2. The van der Waals surface area contributed by atoms with E-state index >= 15 is 0 Å². The van der Waals surface area contributed by atoms with Gasteiger partial charge >= 0.3 is 5.69 Å². The van der Waals surface area contributed by atoms with Gasteiger partial charge in [-0.15, -0.1) is 0 Å². The van der Waals surface area contributed by atoms with E-state index in [1.807, 2.05) is 0 Å². The maximum atomic E-state index is 11.5. The summed E-state index contributed by atoms with van der Waals surface area (Å²) in [5, 5.41) is 11.1. The van der Waals surface area contributed by atoms with E-state index in [2.05, 4.69) is 4.98 Å². The summed E-state index contributed by atoms with van der Waals surface area (Å²) in [6.45, 7) is 0. The number of aldehydes is 1. The molecule has 0 N–H and O–H groups in total. The van der Waals surface area contributed by atoms with Gasteiger partial charge in [0.25, 0.3) is 0 Å². The van der Waals surface area contributed by atoms with Crippen LogP contribution in [0.5, 0.6) is 11.5 Å². The van der Waals surface area contributed by atoms with Gasteiger partial charge in [-0.1, -0.05) is 22.9 Å². The van der Waals surface area contributed by atoms with Crippen molar-refractivity contribution >= 4 is 39.9 Å². The van der Waals surface area contributed by atoms with Crippen LogP contribution < -0.4 is 9.47 Å². The van der Waals surface area contributed by atoms with Crippen molar-refractivity contribution in [1.82, 2.24) is 9.38 Å². The van der Waals surface area contributed by atoms with E-state index in [9.17, 15) is 14.9 Å². The predicted molar refractivity (Wildman–Crippen MR) is 88.7 cm³/mol. The summed E-state index contributed by atoms with van der Waals surface area (Å²) in [5.74, 6) is 0.254. The summed E-state index contributed by atoms with van der Waals surface area (Å²) < 4.78 is 12.4. The molecule has 1 aromatic carbocycles. The first-order valence-electron chi connectivity index (χ1n) is 6.53. The molecule has 124 valence electrons. The van der Waals surface area contributed by atoms with Gasteiger partial charge in [0, 0.05) is 17.8 Å². The number of rotatable bonds is 5. The second kappa shape index (κ2) is 6.10. The average molecular weight is 368 g/mol. The smallest absolute Gasteiger partial charge is 0.314 e. The number of hydrogen-bond donors (Lipinski definition) is 0. The molecule has 10 heteroatoms. The lowest BCUT2D eigenvalue weighted by molar-refractivity contribution is -0.385. The third kappa shape index (κ3) is 2.47. The van der Waals surface area contributed by atoms with Crippen LogP contribution in [0.3, 0.4) is 0 Å². The van der Waals surface area contributed by atoms with E-state index in [0.717, 1.165) is 0 Å². The van der Waals surface area contributed by atoms with Crippen molar-refractivity contribution in [2.45, 2.75) is 0 Å². The maximum Gasteiger partial charge on any atom is 0.314 e. The van der Waals surface area contributed by atoms with Crippen LogP contribution in [0.15, 0.2) is 18.3 Å². The molecule has 3 aromatic rings. The number of ether oxygens (including phenoxy) is 2. The lowest BCUT2D eigenvalue weighted by Gasteiger charge is -2.10. The summed E-state index contributed by atoms with van der Waals surface area (Å²) in [7, 11) is 2.70. The number of imidazole rings is 1. The number of nitro benzene ring substituents is 1. The van der Waals surface area contributed by atoms with Crippen molar-refractivity contribution in [3.63, 3.8) is 0 Å². The summed E-state index contributed by atoms with van der Waals surface area (Å²) in [6.07, 6.45) is 2.22. The minimum atomic E-state index is -0.572. The third-order valence-electron chi connectivity index (χ3n) is 3.40. The molecule has 0 unspecified atom stereocenters. The fourth-order valence-corrected chi connectivity index (χ4v) is 3.38. The summed E-state index contributed by atoms with van der Waals surface area (Å²) in [5.41, 5.74) is 0.768. The quantitative estimate of drug-likeness (QED) is 0.389. The van der Waals surface area contributed by atoms with Crippen molar-refractivity contribution in [1.29, 1.82) is 0 Å². The van der Waals surface area contributed by atoms with Crippen LogP contribution in [0.1, 0.15) is 10.5 Å². The lowest BCUT2D eigenvalue weighted by Crippen LogP contribution is -1.98. The highest BCUT2D eigenvalue weighted by atomic mass is 35.5. The van der Waals surface area contributed by atoms with Crippen LogP contribution in [0.2, 0.25) is 4.34 Å². The number of fused-ring (bicyclic) bond motifs is 1. The van der Waals surface area contributed by atoms with Gasteiger partial charge in [0.1, 0.15) is 21.5 Å². The van der Waals surface area contributed by atoms with Gasteiger partial charge < -0.3 is 9.47 Å². The van der Waals surface area contributed by atoms with E-state index in [-0.39, 0.29) is 22.9 Å². The molecule has 0 radical (unpaired) electrons. The number of halogens is 1. The number of aromatic nitrogens is 2. The molecule has 8 nitrogen and oxygen atoms in total. The summed E-state index contributed by atoms with van der Waals surface area (Å²) >= 11 is 7.14. The van der Waals surface area contributed by atoms with Gasteiger partial charge in [-0.3, -0.25) is 19.3 Å². The van der Waals surface area contributed by atoms with Crippen molar-refractivity contribution in [3.05, 3.63) is 38.5 Å². The van der Waals surface area contributed by atoms with E-state index in [4.69, 9.17) is 21.1 Å². The highest BCUT2D eigenvalue weighted by Crippen LogP contribution is 2.41. The van der Waals surface area contributed by atoms with Crippen LogP contribution in [0.25, 0.3) is 16.2 Å². The Morgan fingerprint density at radius 3 is 2.62 bits per heavy atom. The zero-order valence-corrected chi connectivity index (χ0v) is 14.1. The first-order valence-corrected chi connectivity index (χ1v) is 7.73. The van der Waals surface area contributed by atoms with Gasteiger partial charge in [0.2, 0.25) is 0 Å². The Bertz CT molecular complexity index is 965. The molecule has 0 amide bonds. The Morgan fingerprint density at radius 1 is 1.33 bits per heavy atom. The molecule has 2 heterocycles. The average Bonchev–Trinajstić information content (AvgIpc) is 3.08.